The molecule has 0 aliphatic heterocycles. The van der Waals surface area contributed by atoms with Gasteiger partial charge >= 0.3 is 0 Å². The largest absolute Gasteiger partial charge is 0.316 e. The normalized spacial score (nSPS) is 10.5. The maximum Gasteiger partial charge on any atom is 0.274 e. The average molecular weight is 368 g/mol. The van der Waals surface area contributed by atoms with Crippen LogP contribution >= 0.6 is 0 Å². The smallest absolute Gasteiger partial charge is 0.274 e. The highest BCUT2D eigenvalue weighted by molar-refractivity contribution is 6.03. The molecule has 5 nitrogen and oxygen atoms in total. The van der Waals surface area contributed by atoms with Crippen molar-refractivity contribution in [3.63, 3.8) is 0 Å². The molecule has 1 heterocycles. The molecule has 3 aromatic rings. The highest BCUT2D eigenvalue weighted by atomic mass is 19.1. The second-order valence-electron chi connectivity index (χ2n) is 5.88. The van der Waals surface area contributed by atoms with Gasteiger partial charge in [0, 0.05) is 18.4 Å². The van der Waals surface area contributed by atoms with Crippen molar-refractivity contribution < 1.29 is 13.6 Å². The molecule has 0 atom stereocenters. The molecule has 138 valence electrons. The number of hydrogen-bond donors (Lipinski definition) is 1. The summed E-state index contributed by atoms with van der Waals surface area (Å²) < 4.78 is 27.5. The van der Waals surface area contributed by atoms with Crippen LogP contribution in [0.2, 0.25) is 0 Å². The van der Waals surface area contributed by atoms with Gasteiger partial charge in [0.25, 0.3) is 5.91 Å². The zero-order valence-electron chi connectivity index (χ0n) is 14.9. The molecule has 27 heavy (non-hydrogen) atoms. The minimum atomic E-state index is -0.854. The van der Waals surface area contributed by atoms with Crippen LogP contribution in [0, 0.1) is 18.6 Å². The fourth-order valence-electron chi connectivity index (χ4n) is 2.64. The fraction of sp³-hybridized carbons (Fsp3) is 0.150. The SMILES string of the molecule is CCN(c1cccc(C)c1)c1nccc(C(=O)Nc2c(F)cccc2F)n1. The lowest BCUT2D eigenvalue weighted by Crippen LogP contribution is -2.22. The molecule has 0 bridgehead atoms. The molecule has 0 saturated heterocycles. The minimum absolute atomic E-state index is 0.00811. The summed E-state index contributed by atoms with van der Waals surface area (Å²) >= 11 is 0. The number of benzene rings is 2. The summed E-state index contributed by atoms with van der Waals surface area (Å²) in [7, 11) is 0. The van der Waals surface area contributed by atoms with Gasteiger partial charge in [-0.2, -0.15) is 0 Å². The van der Waals surface area contributed by atoms with Gasteiger partial charge in [0.15, 0.2) is 0 Å². The third-order valence-corrected chi connectivity index (χ3v) is 3.95. The molecule has 0 aliphatic carbocycles. The summed E-state index contributed by atoms with van der Waals surface area (Å²) in [5.74, 6) is -2.10. The second kappa shape index (κ2) is 7.90. The number of amides is 1. The Labute approximate surface area is 155 Å². The van der Waals surface area contributed by atoms with E-state index < -0.39 is 23.2 Å². The number of hydrogen-bond acceptors (Lipinski definition) is 4. The van der Waals surface area contributed by atoms with Gasteiger partial charge in [-0.1, -0.05) is 18.2 Å². The Bertz CT molecular complexity index is 957. The van der Waals surface area contributed by atoms with Crippen LogP contribution in [0.15, 0.2) is 54.7 Å². The Morgan fingerprint density at radius 1 is 1.11 bits per heavy atom. The van der Waals surface area contributed by atoms with Gasteiger partial charge in [0.05, 0.1) is 0 Å². The van der Waals surface area contributed by atoms with Crippen LogP contribution in [-0.4, -0.2) is 22.4 Å². The third-order valence-electron chi connectivity index (χ3n) is 3.95. The van der Waals surface area contributed by atoms with Crippen LogP contribution in [0.4, 0.5) is 26.1 Å². The summed E-state index contributed by atoms with van der Waals surface area (Å²) in [6.07, 6.45) is 1.44. The van der Waals surface area contributed by atoms with Crippen molar-refractivity contribution in [1.29, 1.82) is 0 Å². The Morgan fingerprint density at radius 3 is 2.48 bits per heavy atom. The van der Waals surface area contributed by atoms with Crippen molar-refractivity contribution in [3.05, 3.63) is 77.6 Å². The molecule has 3 rings (SSSR count). The predicted octanol–water partition coefficient (Wildman–Crippen LogP) is 4.47. The van der Waals surface area contributed by atoms with E-state index in [1.807, 2.05) is 43.0 Å². The summed E-state index contributed by atoms with van der Waals surface area (Å²) in [6.45, 7) is 4.49. The van der Waals surface area contributed by atoms with Crippen molar-refractivity contribution in [3.8, 4) is 0 Å². The Balaban J connectivity index is 1.89. The molecule has 0 radical (unpaired) electrons. The van der Waals surface area contributed by atoms with Crippen LogP contribution < -0.4 is 10.2 Å². The van der Waals surface area contributed by atoms with E-state index in [-0.39, 0.29) is 5.69 Å². The first-order valence-corrected chi connectivity index (χ1v) is 8.42. The summed E-state index contributed by atoms with van der Waals surface area (Å²) in [6, 6.07) is 12.6. The van der Waals surface area contributed by atoms with Gasteiger partial charge in [-0.25, -0.2) is 18.7 Å². The van der Waals surface area contributed by atoms with E-state index in [1.165, 1.54) is 18.3 Å². The van der Waals surface area contributed by atoms with Gasteiger partial charge in [-0.3, -0.25) is 4.79 Å². The Morgan fingerprint density at radius 2 is 1.81 bits per heavy atom. The van der Waals surface area contributed by atoms with Gasteiger partial charge in [0.1, 0.15) is 23.0 Å². The minimum Gasteiger partial charge on any atom is -0.316 e. The van der Waals surface area contributed by atoms with Crippen molar-refractivity contribution in [2.75, 3.05) is 16.8 Å². The van der Waals surface area contributed by atoms with Gasteiger partial charge in [0.2, 0.25) is 5.95 Å². The quantitative estimate of drug-likeness (QED) is 0.722. The highest BCUT2D eigenvalue weighted by Gasteiger charge is 2.17. The van der Waals surface area contributed by atoms with E-state index in [0.717, 1.165) is 23.4 Å². The van der Waals surface area contributed by atoms with Gasteiger partial charge in [-0.05, 0) is 49.7 Å². The molecule has 0 aliphatic rings. The number of rotatable bonds is 5. The molecule has 7 heteroatoms. The summed E-state index contributed by atoms with van der Waals surface area (Å²) in [5.41, 5.74) is 1.47. The van der Waals surface area contributed by atoms with Crippen molar-refractivity contribution >= 4 is 23.2 Å². The standard InChI is InChI=1S/C20H18F2N4O/c1-3-26(14-7-4-6-13(2)12-14)20-23-11-10-17(24-20)19(27)25-18-15(21)8-5-9-16(18)22/h4-12H,3H2,1-2H3,(H,25,27). The lowest BCUT2D eigenvalue weighted by Gasteiger charge is -2.21. The number of carbonyl (C=O) groups excluding carboxylic acids is 1. The zero-order valence-corrected chi connectivity index (χ0v) is 14.9. The molecule has 0 unspecified atom stereocenters. The van der Waals surface area contributed by atoms with Crippen LogP contribution in [-0.2, 0) is 0 Å². The van der Waals surface area contributed by atoms with Crippen molar-refractivity contribution in [1.82, 2.24) is 9.97 Å². The fourth-order valence-corrected chi connectivity index (χ4v) is 2.64. The zero-order chi connectivity index (χ0) is 19.4. The maximum atomic E-state index is 13.8. The molecule has 1 amide bonds. The average Bonchev–Trinajstić information content (AvgIpc) is 2.66. The number of anilines is 3. The number of aryl methyl sites for hydroxylation is 1. The molecule has 1 aromatic heterocycles. The topological polar surface area (TPSA) is 58.1 Å². The molecular formula is C20H18F2N4O. The van der Waals surface area contributed by atoms with Crippen LogP contribution in [0.1, 0.15) is 23.0 Å². The lowest BCUT2D eigenvalue weighted by atomic mass is 10.2. The van der Waals surface area contributed by atoms with Crippen LogP contribution in [0.5, 0.6) is 0 Å². The third kappa shape index (κ3) is 4.08. The molecule has 2 aromatic carbocycles. The number of nitrogens with zero attached hydrogens (tertiary/aromatic N) is 3. The first kappa shape index (κ1) is 18.4. The molecular weight excluding hydrogens is 350 g/mol. The summed E-state index contributed by atoms with van der Waals surface area (Å²) in [4.78, 5) is 22.8. The number of carbonyl (C=O) groups is 1. The van der Waals surface area contributed by atoms with E-state index in [4.69, 9.17) is 0 Å². The van der Waals surface area contributed by atoms with Gasteiger partial charge < -0.3 is 10.2 Å². The van der Waals surface area contributed by atoms with E-state index in [0.29, 0.717) is 12.5 Å². The number of halogens is 2. The Hall–Kier alpha value is -3.35. The van der Waals surface area contributed by atoms with Crippen LogP contribution in [0.3, 0.4) is 0 Å². The lowest BCUT2D eigenvalue weighted by molar-refractivity contribution is 0.102. The highest BCUT2D eigenvalue weighted by Crippen LogP contribution is 2.23. The molecule has 0 spiro atoms. The second-order valence-corrected chi connectivity index (χ2v) is 5.88. The Kier molecular flexibility index (Phi) is 5.40. The van der Waals surface area contributed by atoms with Crippen LogP contribution in [0.25, 0.3) is 0 Å². The van der Waals surface area contributed by atoms with E-state index >= 15 is 0 Å². The first-order valence-electron chi connectivity index (χ1n) is 8.42. The molecule has 0 saturated carbocycles. The molecule has 1 N–H and O–H groups in total. The van der Waals surface area contributed by atoms with E-state index in [1.54, 1.807) is 0 Å². The van der Waals surface area contributed by atoms with E-state index in [9.17, 15) is 13.6 Å². The number of para-hydroxylation sites is 1. The summed E-state index contributed by atoms with van der Waals surface area (Å²) in [5, 5.41) is 2.23. The predicted molar refractivity (Wildman–Crippen MR) is 100 cm³/mol. The molecule has 0 fully saturated rings. The maximum absolute atomic E-state index is 13.8. The first-order chi connectivity index (χ1) is 13.0. The number of aromatic nitrogens is 2. The van der Waals surface area contributed by atoms with Gasteiger partial charge in [-0.15, -0.1) is 0 Å². The number of nitrogens with one attached hydrogen (secondary N) is 1. The van der Waals surface area contributed by atoms with E-state index in [2.05, 4.69) is 15.3 Å². The monoisotopic (exact) mass is 368 g/mol. The van der Waals surface area contributed by atoms with Crippen molar-refractivity contribution in [2.45, 2.75) is 13.8 Å². The van der Waals surface area contributed by atoms with Crippen molar-refractivity contribution in [2.24, 2.45) is 0 Å².